The van der Waals surface area contributed by atoms with Crippen molar-refractivity contribution in [1.29, 1.82) is 5.26 Å². The summed E-state index contributed by atoms with van der Waals surface area (Å²) in [5, 5.41) is 13.3. The molecule has 2 aromatic heterocycles. The van der Waals surface area contributed by atoms with E-state index in [0.717, 1.165) is 5.56 Å². The van der Waals surface area contributed by atoms with Gasteiger partial charge in [0.05, 0.1) is 11.6 Å². The van der Waals surface area contributed by atoms with Crippen LogP contribution in [-0.4, -0.2) is 19.7 Å². The molecular formula is C9H5Cl2N5. The predicted octanol–water partition coefficient (Wildman–Crippen LogP) is 1.90. The van der Waals surface area contributed by atoms with E-state index < -0.39 is 0 Å². The molecule has 7 heteroatoms. The molecule has 2 aromatic rings. The average molecular weight is 254 g/mol. The minimum atomic E-state index is 0.123. The molecule has 0 radical (unpaired) electrons. The number of rotatable bonds is 2. The van der Waals surface area contributed by atoms with Crippen molar-refractivity contribution < 1.29 is 0 Å². The minimum Gasteiger partial charge on any atom is -0.247 e. The third kappa shape index (κ3) is 2.30. The molecule has 0 saturated carbocycles. The second kappa shape index (κ2) is 4.47. The minimum absolute atomic E-state index is 0.123. The van der Waals surface area contributed by atoms with Gasteiger partial charge < -0.3 is 0 Å². The first kappa shape index (κ1) is 10.9. The summed E-state index contributed by atoms with van der Waals surface area (Å²) in [6, 6.07) is 3.40. The van der Waals surface area contributed by atoms with E-state index in [1.807, 2.05) is 6.07 Å². The molecule has 0 aromatic carbocycles. The monoisotopic (exact) mass is 253 g/mol. The van der Waals surface area contributed by atoms with Crippen molar-refractivity contribution in [2.45, 2.75) is 6.54 Å². The highest BCUT2D eigenvalue weighted by molar-refractivity contribution is 6.34. The number of hydrogen-bond acceptors (Lipinski definition) is 4. The van der Waals surface area contributed by atoms with Gasteiger partial charge in [-0.25, -0.2) is 14.6 Å². The molecule has 5 nitrogen and oxygen atoms in total. The first-order valence-electron chi connectivity index (χ1n) is 4.28. The molecule has 0 amide bonds. The van der Waals surface area contributed by atoms with E-state index >= 15 is 0 Å². The molecule has 0 atom stereocenters. The van der Waals surface area contributed by atoms with Crippen LogP contribution in [0.5, 0.6) is 0 Å². The molecule has 0 saturated heterocycles. The number of hydrogen-bond donors (Lipinski definition) is 0. The lowest BCUT2D eigenvalue weighted by atomic mass is 10.3. The van der Waals surface area contributed by atoms with E-state index in [-0.39, 0.29) is 5.82 Å². The molecule has 0 N–H and O–H groups in total. The molecule has 16 heavy (non-hydrogen) atoms. The van der Waals surface area contributed by atoms with Gasteiger partial charge >= 0.3 is 0 Å². The molecule has 0 fully saturated rings. The normalized spacial score (nSPS) is 10.1. The summed E-state index contributed by atoms with van der Waals surface area (Å²) in [6.45, 7) is 0.400. The van der Waals surface area contributed by atoms with E-state index in [1.165, 1.54) is 11.0 Å². The van der Waals surface area contributed by atoms with Crippen molar-refractivity contribution in [2.24, 2.45) is 0 Å². The third-order valence-corrected chi connectivity index (χ3v) is 2.42. The Morgan fingerprint density at radius 1 is 1.38 bits per heavy atom. The fourth-order valence-corrected chi connectivity index (χ4v) is 1.57. The summed E-state index contributed by atoms with van der Waals surface area (Å²) in [4.78, 5) is 7.70. The van der Waals surface area contributed by atoms with Gasteiger partial charge in [-0.15, -0.1) is 5.10 Å². The van der Waals surface area contributed by atoms with Gasteiger partial charge in [0, 0.05) is 11.8 Å². The van der Waals surface area contributed by atoms with E-state index in [1.54, 1.807) is 12.3 Å². The van der Waals surface area contributed by atoms with E-state index in [0.29, 0.717) is 16.7 Å². The SMILES string of the molecule is N#Cc1ncn(Cc2cnc(Cl)cc2Cl)n1. The highest BCUT2D eigenvalue weighted by atomic mass is 35.5. The fourth-order valence-electron chi connectivity index (χ4n) is 1.15. The maximum absolute atomic E-state index is 8.56. The molecule has 0 bridgehead atoms. The molecule has 0 aliphatic rings. The Labute approximate surface area is 101 Å². The summed E-state index contributed by atoms with van der Waals surface area (Å²) in [5.41, 5.74) is 0.764. The third-order valence-electron chi connectivity index (χ3n) is 1.87. The van der Waals surface area contributed by atoms with Gasteiger partial charge in [0.2, 0.25) is 0 Å². The summed E-state index contributed by atoms with van der Waals surface area (Å²) in [7, 11) is 0. The Hall–Kier alpha value is -1.64. The van der Waals surface area contributed by atoms with Gasteiger partial charge in [-0.1, -0.05) is 23.2 Å². The first-order valence-corrected chi connectivity index (χ1v) is 5.04. The molecule has 0 spiro atoms. The summed E-state index contributed by atoms with van der Waals surface area (Å²) in [6.07, 6.45) is 3.03. The van der Waals surface area contributed by atoms with Gasteiger partial charge in [0.1, 0.15) is 17.5 Å². The summed E-state index contributed by atoms with van der Waals surface area (Å²) >= 11 is 11.6. The van der Waals surface area contributed by atoms with Crippen molar-refractivity contribution >= 4 is 23.2 Å². The predicted molar refractivity (Wildman–Crippen MR) is 58.1 cm³/mol. The summed E-state index contributed by atoms with van der Waals surface area (Å²) < 4.78 is 1.51. The fraction of sp³-hybridized carbons (Fsp3) is 0.111. The molecule has 2 heterocycles. The molecule has 0 unspecified atom stereocenters. The number of pyridine rings is 1. The zero-order valence-corrected chi connectivity index (χ0v) is 9.44. The zero-order chi connectivity index (χ0) is 11.5. The number of aromatic nitrogens is 4. The van der Waals surface area contributed by atoms with Gasteiger partial charge in [-0.2, -0.15) is 5.26 Å². The molecule has 2 rings (SSSR count). The van der Waals surface area contributed by atoms with E-state index in [9.17, 15) is 0 Å². The lowest BCUT2D eigenvalue weighted by molar-refractivity contribution is 0.680. The Morgan fingerprint density at radius 2 is 2.19 bits per heavy atom. The highest BCUT2D eigenvalue weighted by Gasteiger charge is 2.05. The number of nitriles is 1. The van der Waals surface area contributed by atoms with Crippen LogP contribution >= 0.6 is 23.2 Å². The smallest absolute Gasteiger partial charge is 0.247 e. The van der Waals surface area contributed by atoms with Crippen molar-refractivity contribution in [1.82, 2.24) is 19.7 Å². The van der Waals surface area contributed by atoms with Crippen LogP contribution in [0.3, 0.4) is 0 Å². The van der Waals surface area contributed by atoms with Gasteiger partial charge in [0.15, 0.2) is 0 Å². The second-order valence-corrected chi connectivity index (χ2v) is 3.77. The quantitative estimate of drug-likeness (QED) is 0.767. The Bertz CT molecular complexity index is 557. The van der Waals surface area contributed by atoms with Crippen LogP contribution in [0.25, 0.3) is 0 Å². The largest absolute Gasteiger partial charge is 0.252 e. The number of nitrogens with zero attached hydrogens (tertiary/aromatic N) is 5. The molecule has 80 valence electrons. The van der Waals surface area contributed by atoms with E-state index in [2.05, 4.69) is 15.1 Å². The van der Waals surface area contributed by atoms with Crippen LogP contribution in [-0.2, 0) is 6.54 Å². The zero-order valence-electron chi connectivity index (χ0n) is 7.93. The van der Waals surface area contributed by atoms with E-state index in [4.69, 9.17) is 28.5 Å². The van der Waals surface area contributed by atoms with Crippen LogP contribution in [0.4, 0.5) is 0 Å². The highest BCUT2D eigenvalue weighted by Crippen LogP contribution is 2.19. The number of halogens is 2. The van der Waals surface area contributed by atoms with Crippen molar-refractivity contribution in [3.8, 4) is 6.07 Å². The van der Waals surface area contributed by atoms with Crippen LogP contribution < -0.4 is 0 Å². The van der Waals surface area contributed by atoms with Crippen molar-refractivity contribution in [2.75, 3.05) is 0 Å². The van der Waals surface area contributed by atoms with Crippen LogP contribution in [0.2, 0.25) is 10.2 Å². The first-order chi connectivity index (χ1) is 7.69. The van der Waals surface area contributed by atoms with Gasteiger partial charge in [-0.3, -0.25) is 0 Å². The van der Waals surface area contributed by atoms with Crippen molar-refractivity contribution in [3.63, 3.8) is 0 Å². The molecular weight excluding hydrogens is 249 g/mol. The standard InChI is InChI=1S/C9H5Cl2N5/c10-7-1-8(11)13-3-6(7)4-16-5-14-9(2-12)15-16/h1,3,5H,4H2. The Morgan fingerprint density at radius 3 is 2.81 bits per heavy atom. The van der Waals surface area contributed by atoms with Crippen LogP contribution in [0.15, 0.2) is 18.6 Å². The lowest BCUT2D eigenvalue weighted by Crippen LogP contribution is -2.01. The molecule has 0 aliphatic carbocycles. The van der Waals surface area contributed by atoms with Crippen molar-refractivity contribution in [3.05, 3.63) is 40.2 Å². The van der Waals surface area contributed by atoms with Crippen LogP contribution in [0, 0.1) is 11.3 Å². The van der Waals surface area contributed by atoms with Crippen LogP contribution in [0.1, 0.15) is 11.4 Å². The summed E-state index contributed by atoms with van der Waals surface area (Å²) in [5.74, 6) is 0.123. The molecule has 0 aliphatic heterocycles. The van der Waals surface area contributed by atoms with Gasteiger partial charge in [0.25, 0.3) is 5.82 Å². The maximum Gasteiger partial charge on any atom is 0.252 e. The lowest BCUT2D eigenvalue weighted by Gasteiger charge is -2.03. The topological polar surface area (TPSA) is 67.4 Å². The van der Waals surface area contributed by atoms with Gasteiger partial charge in [-0.05, 0) is 6.07 Å². The average Bonchev–Trinajstić information content (AvgIpc) is 2.70. The Balaban J connectivity index is 2.24. The second-order valence-electron chi connectivity index (χ2n) is 2.98. The maximum atomic E-state index is 8.56. The Kier molecular flexibility index (Phi) is 3.04.